The molecule has 5 nitrogen and oxygen atoms in total. The summed E-state index contributed by atoms with van der Waals surface area (Å²) in [4.78, 5) is 23.4. The lowest BCUT2D eigenvalue weighted by Gasteiger charge is -2.12. The molecule has 0 aliphatic carbocycles. The van der Waals surface area contributed by atoms with Crippen LogP contribution in [0.4, 0.5) is 5.69 Å². The third-order valence-corrected chi connectivity index (χ3v) is 3.71. The van der Waals surface area contributed by atoms with Crippen LogP contribution >= 0.6 is 0 Å². The van der Waals surface area contributed by atoms with Crippen LogP contribution in [0.25, 0.3) is 11.0 Å². The maximum Gasteiger partial charge on any atom is 0.336 e. The fraction of sp³-hybridized carbons (Fsp3) is 0.158. The third-order valence-electron chi connectivity index (χ3n) is 3.71. The van der Waals surface area contributed by atoms with Crippen LogP contribution in [-0.4, -0.2) is 12.5 Å². The van der Waals surface area contributed by atoms with Gasteiger partial charge in [0.2, 0.25) is 0 Å². The van der Waals surface area contributed by atoms with Crippen molar-refractivity contribution in [3.63, 3.8) is 0 Å². The van der Waals surface area contributed by atoms with Crippen molar-refractivity contribution in [2.45, 2.75) is 13.8 Å². The normalized spacial score (nSPS) is 10.6. The van der Waals surface area contributed by atoms with Crippen LogP contribution in [0.15, 0.2) is 57.7 Å². The first-order valence-corrected chi connectivity index (χ1v) is 7.56. The number of fused-ring (bicyclic) bond motifs is 1. The fourth-order valence-corrected chi connectivity index (χ4v) is 2.47. The summed E-state index contributed by atoms with van der Waals surface area (Å²) in [7, 11) is 0. The highest BCUT2D eigenvalue weighted by Crippen LogP contribution is 2.21. The number of carbonyl (C=O) groups excluding carboxylic acids is 1. The number of rotatable bonds is 4. The van der Waals surface area contributed by atoms with Crippen LogP contribution in [0.2, 0.25) is 0 Å². The zero-order chi connectivity index (χ0) is 17.1. The number of benzene rings is 2. The van der Waals surface area contributed by atoms with Crippen LogP contribution in [0, 0.1) is 13.8 Å². The summed E-state index contributed by atoms with van der Waals surface area (Å²) >= 11 is 0. The third kappa shape index (κ3) is 3.46. The van der Waals surface area contributed by atoms with Crippen molar-refractivity contribution in [2.75, 3.05) is 11.9 Å². The van der Waals surface area contributed by atoms with E-state index in [1.165, 1.54) is 6.07 Å². The Hall–Kier alpha value is -3.08. The van der Waals surface area contributed by atoms with E-state index >= 15 is 0 Å². The maximum absolute atomic E-state index is 12.1. The zero-order valence-electron chi connectivity index (χ0n) is 13.5. The summed E-state index contributed by atoms with van der Waals surface area (Å²) in [6.07, 6.45) is 0. The first-order chi connectivity index (χ1) is 11.5. The average Bonchev–Trinajstić information content (AvgIpc) is 2.56. The molecule has 0 saturated heterocycles. The lowest BCUT2D eigenvalue weighted by molar-refractivity contribution is -0.118. The predicted molar refractivity (Wildman–Crippen MR) is 92.5 cm³/mol. The van der Waals surface area contributed by atoms with Crippen LogP contribution in [-0.2, 0) is 4.79 Å². The van der Waals surface area contributed by atoms with Crippen molar-refractivity contribution in [3.05, 3.63) is 70.1 Å². The van der Waals surface area contributed by atoms with Gasteiger partial charge in [-0.3, -0.25) is 4.79 Å². The number of carbonyl (C=O) groups is 1. The lowest BCUT2D eigenvalue weighted by atomic mass is 10.1. The molecule has 2 aromatic carbocycles. The number of nitrogens with one attached hydrogen (secondary N) is 1. The molecule has 1 amide bonds. The Bertz CT molecular complexity index is 939. The first-order valence-electron chi connectivity index (χ1n) is 7.56. The lowest BCUT2D eigenvalue weighted by Crippen LogP contribution is -2.21. The van der Waals surface area contributed by atoms with E-state index in [0.717, 1.165) is 22.2 Å². The highest BCUT2D eigenvalue weighted by molar-refractivity contribution is 5.93. The molecular weight excluding hydrogens is 306 g/mol. The molecule has 0 saturated carbocycles. The van der Waals surface area contributed by atoms with Crippen molar-refractivity contribution < 1.29 is 13.9 Å². The molecule has 3 rings (SSSR count). The summed E-state index contributed by atoms with van der Waals surface area (Å²) in [5, 5.41) is 3.65. The van der Waals surface area contributed by atoms with E-state index in [1.807, 2.05) is 32.0 Å². The Morgan fingerprint density at radius 2 is 1.79 bits per heavy atom. The van der Waals surface area contributed by atoms with E-state index in [-0.39, 0.29) is 12.5 Å². The molecule has 122 valence electrons. The van der Waals surface area contributed by atoms with Crippen molar-refractivity contribution in [1.29, 1.82) is 0 Å². The Kier molecular flexibility index (Phi) is 4.33. The van der Waals surface area contributed by atoms with E-state index in [9.17, 15) is 9.59 Å². The van der Waals surface area contributed by atoms with Gasteiger partial charge in [0.25, 0.3) is 5.91 Å². The molecule has 0 fully saturated rings. The largest absolute Gasteiger partial charge is 0.484 e. The number of aryl methyl sites for hydroxylation is 2. The van der Waals surface area contributed by atoms with Crippen molar-refractivity contribution in [2.24, 2.45) is 0 Å². The van der Waals surface area contributed by atoms with Gasteiger partial charge in [0.1, 0.15) is 11.3 Å². The summed E-state index contributed by atoms with van der Waals surface area (Å²) in [5.74, 6) is 0.218. The molecule has 3 aromatic rings. The van der Waals surface area contributed by atoms with Crippen LogP contribution < -0.4 is 15.7 Å². The minimum atomic E-state index is -0.424. The van der Waals surface area contributed by atoms with E-state index < -0.39 is 5.63 Å². The van der Waals surface area contributed by atoms with E-state index in [1.54, 1.807) is 24.3 Å². The van der Waals surface area contributed by atoms with Gasteiger partial charge >= 0.3 is 5.63 Å². The zero-order valence-corrected chi connectivity index (χ0v) is 13.5. The molecule has 1 aromatic heterocycles. The average molecular weight is 323 g/mol. The molecule has 24 heavy (non-hydrogen) atoms. The van der Waals surface area contributed by atoms with Gasteiger partial charge in [-0.1, -0.05) is 18.2 Å². The van der Waals surface area contributed by atoms with Gasteiger partial charge in [0.15, 0.2) is 6.61 Å². The number of para-hydroxylation sites is 1. The molecule has 0 spiro atoms. The SMILES string of the molecule is Cc1cccc(C)c1NC(=O)COc1ccc2ccc(=O)oc2c1. The Morgan fingerprint density at radius 1 is 1.08 bits per heavy atom. The number of ether oxygens (including phenoxy) is 1. The molecule has 1 heterocycles. The molecule has 0 bridgehead atoms. The van der Waals surface area contributed by atoms with Gasteiger partial charge in [-0.25, -0.2) is 4.79 Å². The second-order valence-corrected chi connectivity index (χ2v) is 5.56. The monoisotopic (exact) mass is 323 g/mol. The second kappa shape index (κ2) is 6.58. The standard InChI is InChI=1S/C19H17NO4/c1-12-4-3-5-13(2)19(12)20-17(21)11-23-15-8-6-14-7-9-18(22)24-16(14)10-15/h3-10H,11H2,1-2H3,(H,20,21). The number of amides is 1. The number of hydrogen-bond donors (Lipinski definition) is 1. The van der Waals surface area contributed by atoms with Gasteiger partial charge in [-0.2, -0.15) is 0 Å². The molecule has 0 atom stereocenters. The first kappa shape index (κ1) is 15.8. The molecule has 1 N–H and O–H groups in total. The number of anilines is 1. The van der Waals surface area contributed by atoms with E-state index in [2.05, 4.69) is 5.32 Å². The Balaban J connectivity index is 1.69. The Labute approximate surface area is 138 Å². The molecule has 0 aliphatic rings. The summed E-state index contributed by atoms with van der Waals surface area (Å²) in [5.41, 5.74) is 2.80. The topological polar surface area (TPSA) is 68.5 Å². The van der Waals surface area contributed by atoms with Gasteiger partial charge in [0.05, 0.1) is 0 Å². The number of hydrogen-bond acceptors (Lipinski definition) is 4. The maximum atomic E-state index is 12.1. The summed E-state index contributed by atoms with van der Waals surface area (Å²) < 4.78 is 10.6. The molecule has 0 unspecified atom stereocenters. The van der Waals surface area contributed by atoms with Crippen molar-refractivity contribution in [3.8, 4) is 5.75 Å². The van der Waals surface area contributed by atoms with Crippen LogP contribution in [0.5, 0.6) is 5.75 Å². The molecular formula is C19H17NO4. The quantitative estimate of drug-likeness (QED) is 0.747. The predicted octanol–water partition coefficient (Wildman–Crippen LogP) is 3.43. The highest BCUT2D eigenvalue weighted by atomic mass is 16.5. The highest BCUT2D eigenvalue weighted by Gasteiger charge is 2.08. The molecule has 5 heteroatoms. The smallest absolute Gasteiger partial charge is 0.336 e. The van der Waals surface area contributed by atoms with Gasteiger partial charge in [-0.05, 0) is 43.2 Å². The van der Waals surface area contributed by atoms with Crippen LogP contribution in [0.1, 0.15) is 11.1 Å². The van der Waals surface area contributed by atoms with Gasteiger partial charge in [-0.15, -0.1) is 0 Å². The van der Waals surface area contributed by atoms with Crippen molar-refractivity contribution in [1.82, 2.24) is 0 Å². The van der Waals surface area contributed by atoms with Gasteiger partial charge in [0, 0.05) is 23.2 Å². The minimum absolute atomic E-state index is 0.129. The molecule has 0 radical (unpaired) electrons. The van der Waals surface area contributed by atoms with E-state index in [4.69, 9.17) is 9.15 Å². The van der Waals surface area contributed by atoms with E-state index in [0.29, 0.717) is 11.3 Å². The summed E-state index contributed by atoms with van der Waals surface area (Å²) in [6.45, 7) is 3.75. The second-order valence-electron chi connectivity index (χ2n) is 5.56. The minimum Gasteiger partial charge on any atom is -0.484 e. The summed E-state index contributed by atoms with van der Waals surface area (Å²) in [6, 6.07) is 14.0. The Morgan fingerprint density at radius 3 is 2.54 bits per heavy atom. The molecule has 0 aliphatic heterocycles. The van der Waals surface area contributed by atoms with Crippen LogP contribution in [0.3, 0.4) is 0 Å². The fourth-order valence-electron chi connectivity index (χ4n) is 2.47. The van der Waals surface area contributed by atoms with Gasteiger partial charge < -0.3 is 14.5 Å². The van der Waals surface area contributed by atoms with Crippen molar-refractivity contribution >= 4 is 22.6 Å².